The van der Waals surface area contributed by atoms with Crippen LogP contribution in [0.1, 0.15) is 68.9 Å². The maximum absolute atomic E-state index is 6.51. The molecule has 2 aliphatic rings. The van der Waals surface area contributed by atoms with Gasteiger partial charge in [0.1, 0.15) is 0 Å². The first kappa shape index (κ1) is 14.1. The molecule has 0 spiro atoms. The molecule has 0 aliphatic heterocycles. The van der Waals surface area contributed by atoms with Crippen LogP contribution in [0.4, 0.5) is 0 Å². The van der Waals surface area contributed by atoms with E-state index in [1.54, 1.807) is 11.1 Å². The Hall–Kier alpha value is -0.820. The van der Waals surface area contributed by atoms with Crippen molar-refractivity contribution in [2.75, 3.05) is 0 Å². The van der Waals surface area contributed by atoms with Crippen molar-refractivity contribution in [3.8, 4) is 0 Å². The molecule has 20 heavy (non-hydrogen) atoms. The standard InChI is InChI=1S/C19H29N/c1-2-3-4-5-6-11-17(20)19-16-13-12-14-9-7-8-10-15(14)18(16)19/h7-10,16-19H,2-6,11-13,20H2,1H3. The van der Waals surface area contributed by atoms with E-state index in [-0.39, 0.29) is 0 Å². The van der Waals surface area contributed by atoms with Crippen molar-refractivity contribution in [2.45, 2.75) is 70.3 Å². The fraction of sp³-hybridized carbons (Fsp3) is 0.684. The molecule has 4 atom stereocenters. The van der Waals surface area contributed by atoms with Gasteiger partial charge in [0, 0.05) is 6.04 Å². The Morgan fingerprint density at radius 1 is 1.15 bits per heavy atom. The molecule has 3 rings (SSSR count). The van der Waals surface area contributed by atoms with E-state index in [2.05, 4.69) is 31.2 Å². The molecule has 0 amide bonds. The smallest absolute Gasteiger partial charge is 0.00759 e. The van der Waals surface area contributed by atoms with E-state index in [9.17, 15) is 0 Å². The molecule has 2 N–H and O–H groups in total. The third-order valence-electron chi connectivity index (χ3n) is 5.53. The molecule has 1 fully saturated rings. The Kier molecular flexibility index (Phi) is 4.45. The molecule has 1 aromatic rings. The van der Waals surface area contributed by atoms with Crippen LogP contribution in [0.15, 0.2) is 24.3 Å². The molecular formula is C19H29N. The summed E-state index contributed by atoms with van der Waals surface area (Å²) in [6, 6.07) is 9.49. The number of hydrogen-bond acceptors (Lipinski definition) is 1. The van der Waals surface area contributed by atoms with Gasteiger partial charge in [-0.1, -0.05) is 63.3 Å². The Labute approximate surface area is 124 Å². The second kappa shape index (κ2) is 6.30. The first-order valence-corrected chi connectivity index (χ1v) is 8.66. The van der Waals surface area contributed by atoms with Crippen molar-refractivity contribution in [3.63, 3.8) is 0 Å². The zero-order valence-corrected chi connectivity index (χ0v) is 12.9. The van der Waals surface area contributed by atoms with E-state index in [0.717, 1.165) is 17.8 Å². The lowest BCUT2D eigenvalue weighted by atomic mass is 9.92. The first-order chi connectivity index (χ1) is 9.83. The predicted molar refractivity (Wildman–Crippen MR) is 85.8 cm³/mol. The van der Waals surface area contributed by atoms with Crippen molar-refractivity contribution >= 4 is 0 Å². The lowest BCUT2D eigenvalue weighted by Crippen LogP contribution is -2.23. The molecule has 110 valence electrons. The van der Waals surface area contributed by atoms with Crippen LogP contribution in [-0.4, -0.2) is 6.04 Å². The van der Waals surface area contributed by atoms with Gasteiger partial charge in [0.15, 0.2) is 0 Å². The van der Waals surface area contributed by atoms with Crippen molar-refractivity contribution in [2.24, 2.45) is 17.6 Å². The zero-order chi connectivity index (χ0) is 13.9. The number of aryl methyl sites for hydroxylation is 1. The Balaban J connectivity index is 1.51. The van der Waals surface area contributed by atoms with E-state index >= 15 is 0 Å². The topological polar surface area (TPSA) is 26.0 Å². The summed E-state index contributed by atoms with van der Waals surface area (Å²) in [6.45, 7) is 2.28. The van der Waals surface area contributed by atoms with Crippen LogP contribution in [0.5, 0.6) is 0 Å². The second-order valence-corrected chi connectivity index (χ2v) is 6.87. The third-order valence-corrected chi connectivity index (χ3v) is 5.53. The number of unbranched alkanes of at least 4 members (excludes halogenated alkanes) is 4. The molecule has 0 heterocycles. The van der Waals surface area contributed by atoms with Gasteiger partial charge >= 0.3 is 0 Å². The third kappa shape index (κ3) is 2.79. The number of rotatable bonds is 7. The van der Waals surface area contributed by atoms with Gasteiger partial charge in [0.25, 0.3) is 0 Å². The van der Waals surface area contributed by atoms with Crippen molar-refractivity contribution < 1.29 is 0 Å². The predicted octanol–water partition coefficient (Wildman–Crippen LogP) is 4.65. The minimum atomic E-state index is 0.442. The maximum atomic E-state index is 6.51. The van der Waals surface area contributed by atoms with Gasteiger partial charge in [-0.15, -0.1) is 0 Å². The van der Waals surface area contributed by atoms with Gasteiger partial charge in [0.05, 0.1) is 0 Å². The molecule has 0 bridgehead atoms. The summed E-state index contributed by atoms with van der Waals surface area (Å²) in [5.41, 5.74) is 9.72. The number of hydrogen-bond donors (Lipinski definition) is 1. The van der Waals surface area contributed by atoms with Gasteiger partial charge < -0.3 is 5.73 Å². The maximum Gasteiger partial charge on any atom is 0.00759 e. The Morgan fingerprint density at radius 3 is 2.80 bits per heavy atom. The van der Waals surface area contributed by atoms with Crippen LogP contribution in [0.3, 0.4) is 0 Å². The van der Waals surface area contributed by atoms with Crippen LogP contribution < -0.4 is 5.73 Å². The van der Waals surface area contributed by atoms with Crippen LogP contribution >= 0.6 is 0 Å². The summed E-state index contributed by atoms with van der Waals surface area (Å²) in [7, 11) is 0. The van der Waals surface area contributed by atoms with Gasteiger partial charge in [-0.05, 0) is 48.1 Å². The number of fused-ring (bicyclic) bond motifs is 3. The van der Waals surface area contributed by atoms with E-state index in [1.165, 1.54) is 51.4 Å². The minimum absolute atomic E-state index is 0.442. The normalized spacial score (nSPS) is 28.6. The summed E-state index contributed by atoms with van der Waals surface area (Å²) < 4.78 is 0. The van der Waals surface area contributed by atoms with E-state index < -0.39 is 0 Å². The Bertz CT molecular complexity index is 439. The Morgan fingerprint density at radius 2 is 1.95 bits per heavy atom. The summed E-state index contributed by atoms with van der Waals surface area (Å²) in [4.78, 5) is 0. The lowest BCUT2D eigenvalue weighted by Gasteiger charge is -2.13. The van der Waals surface area contributed by atoms with Crippen molar-refractivity contribution in [1.29, 1.82) is 0 Å². The summed E-state index contributed by atoms with van der Waals surface area (Å²) >= 11 is 0. The van der Waals surface area contributed by atoms with Gasteiger partial charge in [-0.2, -0.15) is 0 Å². The largest absolute Gasteiger partial charge is 0.327 e. The molecule has 0 saturated heterocycles. The van der Waals surface area contributed by atoms with E-state index in [4.69, 9.17) is 5.73 Å². The zero-order valence-electron chi connectivity index (χ0n) is 12.9. The monoisotopic (exact) mass is 271 g/mol. The number of benzene rings is 1. The molecule has 1 heteroatoms. The molecular weight excluding hydrogens is 242 g/mol. The molecule has 0 radical (unpaired) electrons. The average Bonchev–Trinajstić information content (AvgIpc) is 3.22. The van der Waals surface area contributed by atoms with Gasteiger partial charge in [-0.3, -0.25) is 0 Å². The number of nitrogens with two attached hydrogens (primary N) is 1. The highest BCUT2D eigenvalue weighted by Crippen LogP contribution is 2.61. The first-order valence-electron chi connectivity index (χ1n) is 8.66. The fourth-order valence-corrected chi connectivity index (χ4v) is 4.38. The molecule has 1 nitrogen and oxygen atoms in total. The minimum Gasteiger partial charge on any atom is -0.327 e. The van der Waals surface area contributed by atoms with E-state index in [1.807, 2.05) is 0 Å². The summed E-state index contributed by atoms with van der Waals surface area (Å²) in [5, 5.41) is 0. The molecule has 1 saturated carbocycles. The highest BCUT2D eigenvalue weighted by atomic mass is 14.7. The van der Waals surface area contributed by atoms with Crippen LogP contribution in [0.2, 0.25) is 0 Å². The van der Waals surface area contributed by atoms with E-state index in [0.29, 0.717) is 6.04 Å². The fourth-order valence-electron chi connectivity index (χ4n) is 4.38. The summed E-state index contributed by atoms with van der Waals surface area (Å²) in [5.74, 6) is 2.48. The van der Waals surface area contributed by atoms with Crippen LogP contribution in [0, 0.1) is 11.8 Å². The van der Waals surface area contributed by atoms with Gasteiger partial charge in [-0.25, -0.2) is 0 Å². The summed E-state index contributed by atoms with van der Waals surface area (Å²) in [6.07, 6.45) is 10.7. The lowest BCUT2D eigenvalue weighted by molar-refractivity contribution is 0.473. The highest BCUT2D eigenvalue weighted by Gasteiger charge is 2.54. The molecule has 1 aromatic carbocycles. The molecule has 2 aliphatic carbocycles. The van der Waals surface area contributed by atoms with Crippen LogP contribution in [-0.2, 0) is 6.42 Å². The van der Waals surface area contributed by atoms with Crippen molar-refractivity contribution in [1.82, 2.24) is 0 Å². The second-order valence-electron chi connectivity index (χ2n) is 6.87. The van der Waals surface area contributed by atoms with Crippen molar-refractivity contribution in [3.05, 3.63) is 35.4 Å². The van der Waals surface area contributed by atoms with Crippen LogP contribution in [0.25, 0.3) is 0 Å². The quantitative estimate of drug-likeness (QED) is 0.718. The molecule has 0 aromatic heterocycles. The SMILES string of the molecule is CCCCCCCC(N)C1C2CCc3ccccc3C21. The van der Waals surface area contributed by atoms with Gasteiger partial charge in [0.2, 0.25) is 0 Å². The highest BCUT2D eigenvalue weighted by molar-refractivity contribution is 5.39. The molecule has 4 unspecified atom stereocenters. The average molecular weight is 271 g/mol.